The molecule has 1 aliphatic rings. The third kappa shape index (κ3) is 4.05. The zero-order chi connectivity index (χ0) is 20.4. The molecular weight excluding hydrogens is 394 g/mol. The minimum Gasteiger partial charge on any atom is -0.493 e. The van der Waals surface area contributed by atoms with Gasteiger partial charge in [-0.15, -0.1) is 0 Å². The molecular formula is C21H20ClN3O4. The Labute approximate surface area is 173 Å². The number of methoxy groups -OCH3 is 2. The first kappa shape index (κ1) is 19.3. The first-order chi connectivity index (χ1) is 14.1. The SMILES string of the molecule is COc1ccc(CN2CC(c3noc(-c4cccc(Cl)c4)n3)CC2=O)cc1OC. The Kier molecular flexibility index (Phi) is 5.40. The lowest BCUT2D eigenvalue weighted by Gasteiger charge is -2.17. The number of carbonyl (C=O) groups excluding carboxylic acids is 1. The molecule has 0 bridgehead atoms. The Morgan fingerprint density at radius 3 is 2.76 bits per heavy atom. The van der Waals surface area contributed by atoms with Gasteiger partial charge < -0.3 is 18.9 Å². The molecule has 0 saturated carbocycles. The van der Waals surface area contributed by atoms with Crippen LogP contribution in [0, 0.1) is 0 Å². The molecule has 1 amide bonds. The number of ether oxygens (including phenoxy) is 2. The van der Waals surface area contributed by atoms with Crippen LogP contribution in [0.5, 0.6) is 11.5 Å². The molecule has 2 heterocycles. The predicted octanol–water partition coefficient (Wildman–Crippen LogP) is 3.92. The summed E-state index contributed by atoms with van der Waals surface area (Å²) in [7, 11) is 3.18. The molecule has 3 aromatic rings. The Bertz CT molecular complexity index is 1040. The Hall–Kier alpha value is -3.06. The molecule has 1 unspecified atom stereocenters. The highest BCUT2D eigenvalue weighted by Crippen LogP contribution is 2.32. The van der Waals surface area contributed by atoms with Gasteiger partial charge in [0.25, 0.3) is 5.89 Å². The average Bonchev–Trinajstić information content (AvgIpc) is 3.35. The molecule has 1 aromatic heterocycles. The van der Waals surface area contributed by atoms with Gasteiger partial charge in [-0.2, -0.15) is 4.98 Å². The van der Waals surface area contributed by atoms with E-state index in [4.69, 9.17) is 25.6 Å². The van der Waals surface area contributed by atoms with Crippen LogP contribution in [0.1, 0.15) is 23.7 Å². The number of amides is 1. The molecule has 1 atom stereocenters. The third-order valence-electron chi connectivity index (χ3n) is 4.91. The van der Waals surface area contributed by atoms with Gasteiger partial charge in [-0.25, -0.2) is 0 Å². The zero-order valence-corrected chi connectivity index (χ0v) is 16.8. The highest BCUT2D eigenvalue weighted by molar-refractivity contribution is 6.30. The summed E-state index contributed by atoms with van der Waals surface area (Å²) in [6, 6.07) is 12.9. The Balaban J connectivity index is 1.47. The highest BCUT2D eigenvalue weighted by Gasteiger charge is 2.34. The van der Waals surface area contributed by atoms with Crippen molar-refractivity contribution in [3.05, 3.63) is 58.9 Å². The topological polar surface area (TPSA) is 77.7 Å². The summed E-state index contributed by atoms with van der Waals surface area (Å²) >= 11 is 6.03. The number of aromatic nitrogens is 2. The second kappa shape index (κ2) is 8.13. The van der Waals surface area contributed by atoms with Crippen LogP contribution >= 0.6 is 11.6 Å². The first-order valence-electron chi connectivity index (χ1n) is 9.15. The Morgan fingerprint density at radius 1 is 1.17 bits per heavy atom. The van der Waals surface area contributed by atoms with Gasteiger partial charge in [0.05, 0.1) is 14.2 Å². The molecule has 7 nitrogen and oxygen atoms in total. The molecule has 0 aliphatic carbocycles. The lowest BCUT2D eigenvalue weighted by atomic mass is 10.1. The summed E-state index contributed by atoms with van der Waals surface area (Å²) in [5.41, 5.74) is 1.71. The molecule has 1 fully saturated rings. The number of halogens is 1. The lowest BCUT2D eigenvalue weighted by molar-refractivity contribution is -0.128. The summed E-state index contributed by atoms with van der Waals surface area (Å²) < 4.78 is 16.0. The fourth-order valence-corrected chi connectivity index (χ4v) is 3.63. The maximum absolute atomic E-state index is 12.5. The van der Waals surface area contributed by atoms with Crippen LogP contribution < -0.4 is 9.47 Å². The van der Waals surface area contributed by atoms with E-state index in [0.717, 1.165) is 11.1 Å². The van der Waals surface area contributed by atoms with E-state index in [2.05, 4.69) is 10.1 Å². The number of benzene rings is 2. The minimum atomic E-state index is -0.112. The summed E-state index contributed by atoms with van der Waals surface area (Å²) in [6.45, 7) is 1.01. The average molecular weight is 414 g/mol. The van der Waals surface area contributed by atoms with Crippen molar-refractivity contribution >= 4 is 17.5 Å². The monoisotopic (exact) mass is 413 g/mol. The van der Waals surface area contributed by atoms with Gasteiger partial charge in [-0.3, -0.25) is 4.79 Å². The van der Waals surface area contributed by atoms with Crippen molar-refractivity contribution in [1.29, 1.82) is 0 Å². The van der Waals surface area contributed by atoms with Crippen molar-refractivity contribution in [2.24, 2.45) is 0 Å². The molecule has 0 radical (unpaired) electrons. The molecule has 2 aromatic carbocycles. The quantitative estimate of drug-likeness (QED) is 0.609. The van der Waals surface area contributed by atoms with Gasteiger partial charge in [-0.1, -0.05) is 28.9 Å². The van der Waals surface area contributed by atoms with Crippen LogP contribution in [-0.2, 0) is 11.3 Å². The molecule has 4 rings (SSSR count). The lowest BCUT2D eigenvalue weighted by Crippen LogP contribution is -2.24. The first-order valence-corrected chi connectivity index (χ1v) is 9.53. The van der Waals surface area contributed by atoms with Gasteiger partial charge in [0.2, 0.25) is 5.91 Å². The smallest absolute Gasteiger partial charge is 0.257 e. The Morgan fingerprint density at radius 2 is 2.00 bits per heavy atom. The van der Waals surface area contributed by atoms with E-state index < -0.39 is 0 Å². The van der Waals surface area contributed by atoms with E-state index in [9.17, 15) is 4.79 Å². The highest BCUT2D eigenvalue weighted by atomic mass is 35.5. The van der Waals surface area contributed by atoms with Crippen molar-refractivity contribution < 1.29 is 18.8 Å². The van der Waals surface area contributed by atoms with Crippen molar-refractivity contribution in [3.8, 4) is 23.0 Å². The standard InChI is InChI=1S/C21H20ClN3O4/c1-27-17-7-6-13(8-18(17)28-2)11-25-12-15(10-19(25)26)20-23-21(29-24-20)14-4-3-5-16(22)9-14/h3-9,15H,10-12H2,1-2H3. The number of hydrogen-bond acceptors (Lipinski definition) is 6. The van der Waals surface area contributed by atoms with Gasteiger partial charge in [0, 0.05) is 36.0 Å². The molecule has 29 heavy (non-hydrogen) atoms. The normalized spacial score (nSPS) is 16.3. The molecule has 0 spiro atoms. The van der Waals surface area contributed by atoms with Crippen molar-refractivity contribution in [3.63, 3.8) is 0 Å². The molecule has 8 heteroatoms. The second-order valence-corrected chi connectivity index (χ2v) is 7.27. The van der Waals surface area contributed by atoms with Gasteiger partial charge >= 0.3 is 0 Å². The van der Waals surface area contributed by atoms with Gasteiger partial charge in [-0.05, 0) is 35.9 Å². The van der Waals surface area contributed by atoms with Crippen LogP contribution in [0.25, 0.3) is 11.5 Å². The number of likely N-dealkylation sites (tertiary alicyclic amines) is 1. The number of carbonyl (C=O) groups is 1. The summed E-state index contributed by atoms with van der Waals surface area (Å²) in [6.07, 6.45) is 0.349. The fourth-order valence-electron chi connectivity index (χ4n) is 3.44. The van der Waals surface area contributed by atoms with Gasteiger partial charge in [0.15, 0.2) is 17.3 Å². The maximum Gasteiger partial charge on any atom is 0.257 e. The van der Waals surface area contributed by atoms with Crippen LogP contribution in [0.3, 0.4) is 0 Å². The van der Waals surface area contributed by atoms with E-state index in [1.807, 2.05) is 30.3 Å². The van der Waals surface area contributed by atoms with E-state index in [-0.39, 0.29) is 11.8 Å². The van der Waals surface area contributed by atoms with E-state index in [1.54, 1.807) is 31.3 Å². The number of nitrogens with zero attached hydrogens (tertiary/aromatic N) is 3. The third-order valence-corrected chi connectivity index (χ3v) is 5.15. The van der Waals surface area contributed by atoms with Crippen molar-refractivity contribution in [2.45, 2.75) is 18.9 Å². The largest absolute Gasteiger partial charge is 0.493 e. The van der Waals surface area contributed by atoms with Crippen molar-refractivity contribution in [2.75, 3.05) is 20.8 Å². The second-order valence-electron chi connectivity index (χ2n) is 6.83. The number of hydrogen-bond donors (Lipinski definition) is 0. The molecule has 1 aliphatic heterocycles. The van der Waals surface area contributed by atoms with Crippen LogP contribution in [-0.4, -0.2) is 41.7 Å². The van der Waals surface area contributed by atoms with E-state index in [1.165, 1.54) is 0 Å². The summed E-state index contributed by atoms with van der Waals surface area (Å²) in [5.74, 6) is 2.16. The molecule has 150 valence electrons. The summed E-state index contributed by atoms with van der Waals surface area (Å²) in [4.78, 5) is 18.8. The molecule has 1 saturated heterocycles. The fraction of sp³-hybridized carbons (Fsp3) is 0.286. The van der Waals surface area contributed by atoms with E-state index >= 15 is 0 Å². The van der Waals surface area contributed by atoms with Crippen LogP contribution in [0.4, 0.5) is 0 Å². The maximum atomic E-state index is 12.5. The van der Waals surface area contributed by atoms with Crippen molar-refractivity contribution in [1.82, 2.24) is 15.0 Å². The molecule has 0 N–H and O–H groups in total. The summed E-state index contributed by atoms with van der Waals surface area (Å²) in [5, 5.41) is 4.68. The van der Waals surface area contributed by atoms with Crippen LogP contribution in [0.2, 0.25) is 5.02 Å². The van der Waals surface area contributed by atoms with Crippen LogP contribution in [0.15, 0.2) is 47.0 Å². The van der Waals surface area contributed by atoms with E-state index in [0.29, 0.717) is 47.7 Å². The van der Waals surface area contributed by atoms with Gasteiger partial charge in [0.1, 0.15) is 0 Å². The predicted molar refractivity (Wildman–Crippen MR) is 107 cm³/mol. The zero-order valence-electron chi connectivity index (χ0n) is 16.1. The minimum absolute atomic E-state index is 0.0545. The number of rotatable bonds is 6.